The SMILES string of the molecule is NC1(c2nc3c(s2)CCC3)CCSCC1. The first kappa shape index (κ1) is 10.1. The van der Waals surface area contributed by atoms with Crippen molar-refractivity contribution in [1.82, 2.24) is 4.98 Å². The van der Waals surface area contributed by atoms with Gasteiger partial charge in [0.25, 0.3) is 0 Å². The Kier molecular flexibility index (Phi) is 2.53. The Morgan fingerprint density at radius 1 is 1.20 bits per heavy atom. The molecule has 2 heterocycles. The van der Waals surface area contributed by atoms with Crippen LogP contribution < -0.4 is 5.73 Å². The van der Waals surface area contributed by atoms with E-state index >= 15 is 0 Å². The minimum absolute atomic E-state index is 0.0970. The molecule has 4 heteroatoms. The molecule has 15 heavy (non-hydrogen) atoms. The molecule has 0 bridgehead atoms. The Hall–Kier alpha value is -0.0600. The molecule has 3 rings (SSSR count). The van der Waals surface area contributed by atoms with E-state index in [4.69, 9.17) is 10.7 Å². The maximum absolute atomic E-state index is 6.48. The molecule has 0 amide bonds. The second-order valence-electron chi connectivity index (χ2n) is 4.51. The first-order valence-corrected chi connectivity index (χ1v) is 7.61. The minimum atomic E-state index is -0.0970. The van der Waals surface area contributed by atoms with Crippen molar-refractivity contribution in [3.63, 3.8) is 0 Å². The highest BCUT2D eigenvalue weighted by Gasteiger charge is 2.34. The van der Waals surface area contributed by atoms with Gasteiger partial charge in [-0.25, -0.2) is 4.98 Å². The minimum Gasteiger partial charge on any atom is -0.319 e. The van der Waals surface area contributed by atoms with Gasteiger partial charge >= 0.3 is 0 Å². The molecule has 0 aromatic carbocycles. The molecule has 82 valence electrons. The van der Waals surface area contributed by atoms with Gasteiger partial charge in [-0.15, -0.1) is 11.3 Å². The topological polar surface area (TPSA) is 38.9 Å². The zero-order valence-corrected chi connectivity index (χ0v) is 10.4. The van der Waals surface area contributed by atoms with Crippen LogP contribution in [0.4, 0.5) is 0 Å². The van der Waals surface area contributed by atoms with Gasteiger partial charge in [0.15, 0.2) is 0 Å². The molecule has 2 aliphatic rings. The second kappa shape index (κ2) is 3.75. The largest absolute Gasteiger partial charge is 0.319 e. The summed E-state index contributed by atoms with van der Waals surface area (Å²) < 4.78 is 0. The third-order valence-corrected chi connectivity index (χ3v) is 5.77. The van der Waals surface area contributed by atoms with Crippen molar-refractivity contribution in [2.24, 2.45) is 5.73 Å². The van der Waals surface area contributed by atoms with E-state index in [2.05, 4.69) is 0 Å². The normalized spacial score (nSPS) is 24.1. The van der Waals surface area contributed by atoms with Gasteiger partial charge < -0.3 is 5.73 Å². The van der Waals surface area contributed by atoms with Crippen molar-refractivity contribution in [2.75, 3.05) is 11.5 Å². The number of hydrogen-bond acceptors (Lipinski definition) is 4. The maximum atomic E-state index is 6.48. The molecule has 0 spiro atoms. The molecule has 2 nitrogen and oxygen atoms in total. The molecule has 1 aliphatic carbocycles. The number of hydrogen-bond donors (Lipinski definition) is 1. The predicted octanol–water partition coefficient (Wildman–Crippen LogP) is 2.31. The van der Waals surface area contributed by atoms with E-state index in [0.29, 0.717) is 0 Å². The molecular weight excluding hydrogens is 224 g/mol. The molecule has 1 fully saturated rings. The zero-order valence-electron chi connectivity index (χ0n) is 8.79. The summed E-state index contributed by atoms with van der Waals surface area (Å²) in [6, 6.07) is 0. The van der Waals surface area contributed by atoms with Gasteiger partial charge in [0.2, 0.25) is 0 Å². The van der Waals surface area contributed by atoms with E-state index in [1.54, 1.807) is 0 Å². The lowest BCUT2D eigenvalue weighted by molar-refractivity contribution is 0.408. The number of nitrogens with two attached hydrogens (primary N) is 1. The van der Waals surface area contributed by atoms with Gasteiger partial charge in [0.1, 0.15) is 5.01 Å². The summed E-state index contributed by atoms with van der Waals surface area (Å²) in [4.78, 5) is 6.28. The van der Waals surface area contributed by atoms with Crippen LogP contribution in [0.2, 0.25) is 0 Å². The number of thiazole rings is 1. The van der Waals surface area contributed by atoms with Crippen LogP contribution in [0.25, 0.3) is 0 Å². The highest BCUT2D eigenvalue weighted by atomic mass is 32.2. The van der Waals surface area contributed by atoms with Crippen molar-refractivity contribution >= 4 is 23.1 Å². The lowest BCUT2D eigenvalue weighted by Crippen LogP contribution is -2.40. The number of fused-ring (bicyclic) bond motifs is 1. The van der Waals surface area contributed by atoms with Crippen molar-refractivity contribution in [1.29, 1.82) is 0 Å². The van der Waals surface area contributed by atoms with Gasteiger partial charge in [0.05, 0.1) is 11.2 Å². The highest BCUT2D eigenvalue weighted by molar-refractivity contribution is 7.99. The molecular formula is C11H16N2S2. The van der Waals surface area contributed by atoms with Crippen LogP contribution in [0.3, 0.4) is 0 Å². The van der Waals surface area contributed by atoms with Crippen LogP contribution in [0.15, 0.2) is 0 Å². The predicted molar refractivity (Wildman–Crippen MR) is 66.6 cm³/mol. The molecule has 1 aliphatic heterocycles. The average molecular weight is 240 g/mol. The molecule has 1 aromatic heterocycles. The van der Waals surface area contributed by atoms with E-state index in [1.807, 2.05) is 23.1 Å². The fourth-order valence-corrected chi connectivity index (χ4v) is 4.88. The lowest BCUT2D eigenvalue weighted by Gasteiger charge is -2.31. The van der Waals surface area contributed by atoms with Crippen LogP contribution in [-0.4, -0.2) is 16.5 Å². The van der Waals surface area contributed by atoms with Crippen LogP contribution in [0, 0.1) is 0 Å². The number of nitrogens with zero attached hydrogens (tertiary/aromatic N) is 1. The summed E-state index contributed by atoms with van der Waals surface area (Å²) in [6.07, 6.45) is 5.91. The maximum Gasteiger partial charge on any atom is 0.113 e. The molecule has 0 unspecified atom stereocenters. The lowest BCUT2D eigenvalue weighted by atomic mass is 9.94. The van der Waals surface area contributed by atoms with Gasteiger partial charge in [-0.2, -0.15) is 11.8 Å². The van der Waals surface area contributed by atoms with E-state index in [0.717, 1.165) is 12.8 Å². The number of thioether (sulfide) groups is 1. The Labute approximate surface area is 98.7 Å². The first-order valence-electron chi connectivity index (χ1n) is 5.64. The summed E-state index contributed by atoms with van der Waals surface area (Å²) in [7, 11) is 0. The fourth-order valence-electron chi connectivity index (χ4n) is 2.35. The Morgan fingerprint density at radius 2 is 2.00 bits per heavy atom. The Balaban J connectivity index is 1.91. The van der Waals surface area contributed by atoms with Crippen LogP contribution in [-0.2, 0) is 18.4 Å². The molecule has 2 N–H and O–H groups in total. The summed E-state index contributed by atoms with van der Waals surface area (Å²) in [6.45, 7) is 0. The Morgan fingerprint density at radius 3 is 2.73 bits per heavy atom. The van der Waals surface area contributed by atoms with Gasteiger partial charge in [-0.1, -0.05) is 0 Å². The summed E-state index contributed by atoms with van der Waals surface area (Å²) in [5, 5.41) is 1.22. The first-order chi connectivity index (χ1) is 7.28. The van der Waals surface area contributed by atoms with Crippen LogP contribution >= 0.6 is 23.1 Å². The van der Waals surface area contributed by atoms with E-state index < -0.39 is 0 Å². The molecule has 1 aromatic rings. The highest BCUT2D eigenvalue weighted by Crippen LogP contribution is 2.38. The Bertz CT molecular complexity index is 345. The molecule has 0 atom stereocenters. The van der Waals surface area contributed by atoms with Crippen molar-refractivity contribution in [3.8, 4) is 0 Å². The summed E-state index contributed by atoms with van der Waals surface area (Å²) in [5.41, 5.74) is 7.72. The zero-order chi connectivity index (χ0) is 10.3. The van der Waals surface area contributed by atoms with Crippen molar-refractivity contribution in [2.45, 2.75) is 37.6 Å². The quantitative estimate of drug-likeness (QED) is 0.819. The van der Waals surface area contributed by atoms with Gasteiger partial charge in [-0.05, 0) is 43.6 Å². The van der Waals surface area contributed by atoms with Crippen molar-refractivity contribution < 1.29 is 0 Å². The fraction of sp³-hybridized carbons (Fsp3) is 0.727. The summed E-state index contributed by atoms with van der Waals surface area (Å²) in [5.74, 6) is 2.39. The van der Waals surface area contributed by atoms with Gasteiger partial charge in [-0.3, -0.25) is 0 Å². The summed E-state index contributed by atoms with van der Waals surface area (Å²) >= 11 is 3.90. The van der Waals surface area contributed by atoms with E-state index in [1.165, 1.54) is 46.3 Å². The number of aromatic nitrogens is 1. The van der Waals surface area contributed by atoms with Crippen LogP contribution in [0.5, 0.6) is 0 Å². The number of rotatable bonds is 1. The van der Waals surface area contributed by atoms with Crippen LogP contribution in [0.1, 0.15) is 34.8 Å². The van der Waals surface area contributed by atoms with E-state index in [9.17, 15) is 0 Å². The molecule has 1 saturated heterocycles. The average Bonchev–Trinajstić information content (AvgIpc) is 2.77. The van der Waals surface area contributed by atoms with Gasteiger partial charge in [0, 0.05) is 4.88 Å². The molecule has 0 radical (unpaired) electrons. The number of aryl methyl sites for hydroxylation is 2. The standard InChI is InChI=1S/C11H16N2S2/c12-11(4-6-14-7-5-11)10-13-8-2-1-3-9(8)15-10/h1-7,12H2. The van der Waals surface area contributed by atoms with Crippen molar-refractivity contribution in [3.05, 3.63) is 15.6 Å². The third-order valence-electron chi connectivity index (χ3n) is 3.41. The monoisotopic (exact) mass is 240 g/mol. The third kappa shape index (κ3) is 1.73. The molecule has 0 saturated carbocycles. The smallest absolute Gasteiger partial charge is 0.113 e. The van der Waals surface area contributed by atoms with E-state index in [-0.39, 0.29) is 5.54 Å². The second-order valence-corrected chi connectivity index (χ2v) is 6.82.